The van der Waals surface area contributed by atoms with E-state index in [2.05, 4.69) is 5.73 Å². The largest absolute Gasteiger partial charge is 0.388 e. The Morgan fingerprint density at radius 3 is 2.73 bits per heavy atom. The third kappa shape index (κ3) is 2.82. The summed E-state index contributed by atoms with van der Waals surface area (Å²) in [4.78, 5) is 0. The van der Waals surface area contributed by atoms with Crippen molar-refractivity contribution in [3.63, 3.8) is 0 Å². The third-order valence-corrected chi connectivity index (χ3v) is 2.80. The van der Waals surface area contributed by atoms with Crippen molar-refractivity contribution in [3.8, 4) is 0 Å². The normalized spacial score (nSPS) is 20.9. The van der Waals surface area contributed by atoms with E-state index in [4.69, 9.17) is 0 Å². The maximum absolute atomic E-state index is 9.73. The standard InChI is InChI=1S/C14H16O/c15-14-9-5-4-8-13(14)11-10-12-6-2-1-3-7-12/h1-3,6-7,10,14-15H,4-5,8-9H2/t11?,14-/m0/s1. The molecule has 0 bridgehead atoms. The highest BCUT2D eigenvalue weighted by atomic mass is 16.3. The molecular formula is C14H16O. The Hall–Kier alpha value is -1.30. The summed E-state index contributed by atoms with van der Waals surface area (Å²) in [7, 11) is 0. The molecule has 1 aliphatic carbocycles. The van der Waals surface area contributed by atoms with Gasteiger partial charge in [-0.15, -0.1) is 5.73 Å². The second kappa shape index (κ2) is 4.97. The Balaban J connectivity index is 2.18. The molecule has 0 saturated heterocycles. The quantitative estimate of drug-likeness (QED) is 0.690. The monoisotopic (exact) mass is 200 g/mol. The van der Waals surface area contributed by atoms with Crippen LogP contribution in [0.2, 0.25) is 0 Å². The number of aliphatic hydroxyl groups excluding tert-OH is 1. The molecule has 78 valence electrons. The van der Waals surface area contributed by atoms with Crippen molar-refractivity contribution in [2.45, 2.75) is 31.8 Å². The van der Waals surface area contributed by atoms with Gasteiger partial charge in [-0.2, -0.15) is 0 Å². The van der Waals surface area contributed by atoms with Crippen molar-refractivity contribution in [2.75, 3.05) is 0 Å². The molecule has 0 aromatic heterocycles. The number of hydrogen-bond donors (Lipinski definition) is 1. The molecule has 1 fully saturated rings. The molecular weight excluding hydrogens is 184 g/mol. The Morgan fingerprint density at radius 1 is 1.20 bits per heavy atom. The van der Waals surface area contributed by atoms with Crippen LogP contribution in [0.25, 0.3) is 6.08 Å². The number of benzene rings is 1. The molecule has 0 spiro atoms. The maximum atomic E-state index is 9.73. The molecule has 1 aromatic carbocycles. The van der Waals surface area contributed by atoms with Crippen molar-refractivity contribution in [1.29, 1.82) is 0 Å². The minimum absolute atomic E-state index is 0.265. The first-order valence-corrected chi connectivity index (χ1v) is 5.55. The summed E-state index contributed by atoms with van der Waals surface area (Å²) in [5.74, 6) is 0. The van der Waals surface area contributed by atoms with Crippen LogP contribution in [0.15, 0.2) is 41.6 Å². The lowest BCUT2D eigenvalue weighted by Crippen LogP contribution is -2.13. The van der Waals surface area contributed by atoms with Gasteiger partial charge in [0, 0.05) is 5.57 Å². The van der Waals surface area contributed by atoms with E-state index >= 15 is 0 Å². The molecule has 1 aliphatic rings. The summed E-state index contributed by atoms with van der Waals surface area (Å²) in [6.07, 6.45) is 5.90. The Labute approximate surface area is 90.8 Å². The van der Waals surface area contributed by atoms with Crippen molar-refractivity contribution >= 4 is 6.08 Å². The summed E-state index contributed by atoms with van der Waals surface area (Å²) in [6.45, 7) is 0. The van der Waals surface area contributed by atoms with Crippen LogP contribution in [-0.4, -0.2) is 11.2 Å². The second-order valence-electron chi connectivity index (χ2n) is 3.99. The van der Waals surface area contributed by atoms with Gasteiger partial charge in [0.25, 0.3) is 0 Å². The van der Waals surface area contributed by atoms with Gasteiger partial charge in [-0.25, -0.2) is 0 Å². The average molecular weight is 200 g/mol. The van der Waals surface area contributed by atoms with Crippen molar-refractivity contribution in [1.82, 2.24) is 0 Å². The minimum Gasteiger partial charge on any atom is -0.388 e. The average Bonchev–Trinajstić information content (AvgIpc) is 2.29. The molecule has 0 amide bonds. The molecule has 0 aliphatic heterocycles. The molecule has 1 N–H and O–H groups in total. The summed E-state index contributed by atoms with van der Waals surface area (Å²) in [6, 6.07) is 10.1. The van der Waals surface area contributed by atoms with Gasteiger partial charge < -0.3 is 5.11 Å². The predicted molar refractivity (Wildman–Crippen MR) is 62.4 cm³/mol. The highest BCUT2D eigenvalue weighted by Crippen LogP contribution is 2.22. The van der Waals surface area contributed by atoms with Crippen LogP contribution in [-0.2, 0) is 0 Å². The van der Waals surface area contributed by atoms with E-state index in [-0.39, 0.29) is 6.10 Å². The van der Waals surface area contributed by atoms with Gasteiger partial charge in [0.1, 0.15) is 0 Å². The third-order valence-electron chi connectivity index (χ3n) is 2.80. The highest BCUT2D eigenvalue weighted by Gasteiger charge is 2.14. The fourth-order valence-corrected chi connectivity index (χ4v) is 1.89. The van der Waals surface area contributed by atoms with Gasteiger partial charge in [-0.05, 0) is 30.9 Å². The van der Waals surface area contributed by atoms with Crippen molar-refractivity contribution in [3.05, 3.63) is 47.2 Å². The van der Waals surface area contributed by atoms with E-state index in [1.165, 1.54) is 6.42 Å². The van der Waals surface area contributed by atoms with Crippen LogP contribution in [0.5, 0.6) is 0 Å². The van der Waals surface area contributed by atoms with Crippen molar-refractivity contribution in [2.24, 2.45) is 0 Å². The first kappa shape index (κ1) is 10.2. The van der Waals surface area contributed by atoms with Gasteiger partial charge >= 0.3 is 0 Å². The summed E-state index contributed by atoms with van der Waals surface area (Å²) in [5.41, 5.74) is 5.43. The first-order chi connectivity index (χ1) is 7.36. The van der Waals surface area contributed by atoms with E-state index < -0.39 is 0 Å². The molecule has 1 atom stereocenters. The number of aliphatic hydroxyl groups is 1. The molecule has 15 heavy (non-hydrogen) atoms. The maximum Gasteiger partial charge on any atom is 0.0823 e. The Morgan fingerprint density at radius 2 is 2.00 bits per heavy atom. The van der Waals surface area contributed by atoms with Gasteiger partial charge in [0.15, 0.2) is 0 Å². The first-order valence-electron chi connectivity index (χ1n) is 5.55. The SMILES string of the molecule is O[C@H]1CCCCC1=C=Cc1ccccc1. The minimum atomic E-state index is -0.265. The van der Waals surface area contributed by atoms with Crippen LogP contribution in [0.3, 0.4) is 0 Å². The van der Waals surface area contributed by atoms with Crippen LogP contribution in [0.1, 0.15) is 31.2 Å². The van der Waals surface area contributed by atoms with E-state index in [0.717, 1.165) is 30.4 Å². The van der Waals surface area contributed by atoms with E-state index in [0.29, 0.717) is 0 Å². The molecule has 1 heteroatoms. The van der Waals surface area contributed by atoms with Crippen LogP contribution < -0.4 is 0 Å². The van der Waals surface area contributed by atoms with E-state index in [1.807, 2.05) is 36.4 Å². The second-order valence-corrected chi connectivity index (χ2v) is 3.99. The number of rotatable bonds is 1. The van der Waals surface area contributed by atoms with Crippen molar-refractivity contribution < 1.29 is 5.11 Å². The predicted octanol–water partition coefficient (Wildman–Crippen LogP) is 3.16. The molecule has 0 unspecified atom stereocenters. The van der Waals surface area contributed by atoms with E-state index in [1.54, 1.807) is 0 Å². The lowest BCUT2D eigenvalue weighted by atomic mass is 9.92. The smallest absolute Gasteiger partial charge is 0.0823 e. The van der Waals surface area contributed by atoms with Gasteiger partial charge in [0.05, 0.1) is 6.10 Å². The van der Waals surface area contributed by atoms with Gasteiger partial charge in [0.2, 0.25) is 0 Å². The highest BCUT2D eigenvalue weighted by molar-refractivity contribution is 5.49. The zero-order valence-corrected chi connectivity index (χ0v) is 8.82. The molecule has 1 nitrogen and oxygen atoms in total. The lowest BCUT2D eigenvalue weighted by molar-refractivity contribution is 0.179. The van der Waals surface area contributed by atoms with E-state index in [9.17, 15) is 5.11 Å². The van der Waals surface area contributed by atoms with Gasteiger partial charge in [-0.1, -0.05) is 36.8 Å². The van der Waals surface area contributed by atoms with Crippen LogP contribution >= 0.6 is 0 Å². The van der Waals surface area contributed by atoms with Crippen LogP contribution in [0, 0.1) is 0 Å². The molecule has 0 heterocycles. The molecule has 0 radical (unpaired) electrons. The molecule has 2 rings (SSSR count). The topological polar surface area (TPSA) is 20.2 Å². The Bertz CT molecular complexity index is 372. The number of hydrogen-bond acceptors (Lipinski definition) is 1. The fraction of sp³-hybridized carbons (Fsp3) is 0.357. The molecule has 1 saturated carbocycles. The van der Waals surface area contributed by atoms with Crippen LogP contribution in [0.4, 0.5) is 0 Å². The summed E-state index contributed by atoms with van der Waals surface area (Å²) < 4.78 is 0. The molecule has 1 aromatic rings. The lowest BCUT2D eigenvalue weighted by Gasteiger charge is -2.18. The fourth-order valence-electron chi connectivity index (χ4n) is 1.89. The zero-order valence-electron chi connectivity index (χ0n) is 8.82. The summed E-state index contributed by atoms with van der Waals surface area (Å²) in [5, 5.41) is 9.73. The Kier molecular flexibility index (Phi) is 3.39. The summed E-state index contributed by atoms with van der Waals surface area (Å²) >= 11 is 0. The van der Waals surface area contributed by atoms with Gasteiger partial charge in [-0.3, -0.25) is 0 Å². The zero-order chi connectivity index (χ0) is 10.5.